The molecule has 5 rings (SSSR count). The van der Waals surface area contributed by atoms with E-state index in [1.807, 2.05) is 0 Å². The first-order valence-corrected chi connectivity index (χ1v) is 20.6. The summed E-state index contributed by atoms with van der Waals surface area (Å²) >= 11 is 0. The topological polar surface area (TPSA) is 281 Å². The lowest BCUT2D eigenvalue weighted by molar-refractivity contribution is -0.386. The standard InChI is InChI=1S/C40H45NO21S/c1-20-11-13-25(14-12-20)63(50,51)56-17-30(46)34-27(15-33-54-18-31(60-33)26-9-7-8-10-29(26)41(48)49)28(38(47)52-6)16-55-39(34)62-40-37(59-24(5)45)36(58-23(4)44)35(57-22(3)43)32(61-40)19-53-21(2)42/h7-14,16,27,31-37,39-40H,15,17-19H2,1-6H3/t27-,31?,32-,33?,34+,35-,36+,37-,39+,40+/m1/s1. The molecule has 0 aliphatic carbocycles. The summed E-state index contributed by atoms with van der Waals surface area (Å²) in [4.78, 5) is 87.9. The molecule has 0 bridgehead atoms. The molecule has 0 amide bonds. The van der Waals surface area contributed by atoms with E-state index in [0.717, 1.165) is 46.6 Å². The van der Waals surface area contributed by atoms with Crippen LogP contribution in [-0.2, 0) is 90.4 Å². The zero-order chi connectivity index (χ0) is 46.2. The van der Waals surface area contributed by atoms with Crippen molar-refractivity contribution in [2.75, 3.05) is 26.9 Å². The molecular weight excluding hydrogens is 862 g/mol. The van der Waals surface area contributed by atoms with E-state index in [9.17, 15) is 47.3 Å². The number of esters is 5. The average molecular weight is 908 g/mol. The Morgan fingerprint density at radius 3 is 2.08 bits per heavy atom. The summed E-state index contributed by atoms with van der Waals surface area (Å²) in [6.07, 6.45) is -12.1. The third kappa shape index (κ3) is 12.2. The van der Waals surface area contributed by atoms with Gasteiger partial charge in [0.15, 0.2) is 30.4 Å². The summed E-state index contributed by atoms with van der Waals surface area (Å²) in [5.41, 5.74) is 0.358. The molecule has 2 fully saturated rings. The van der Waals surface area contributed by atoms with Crippen molar-refractivity contribution in [3.63, 3.8) is 0 Å². The van der Waals surface area contributed by atoms with E-state index in [-0.39, 0.29) is 34.7 Å². The van der Waals surface area contributed by atoms with E-state index in [2.05, 4.69) is 0 Å². The van der Waals surface area contributed by atoms with Gasteiger partial charge in [0.2, 0.25) is 12.6 Å². The minimum Gasteiger partial charge on any atom is -0.471 e. The van der Waals surface area contributed by atoms with Crippen molar-refractivity contribution in [3.05, 3.63) is 81.6 Å². The fourth-order valence-corrected chi connectivity index (χ4v) is 7.97. The summed E-state index contributed by atoms with van der Waals surface area (Å²) in [5.74, 6) is -8.84. The number of aryl methyl sites for hydroxylation is 1. The monoisotopic (exact) mass is 907 g/mol. The van der Waals surface area contributed by atoms with Gasteiger partial charge in [-0.3, -0.25) is 38.3 Å². The van der Waals surface area contributed by atoms with Crippen LogP contribution in [0.2, 0.25) is 0 Å². The predicted octanol–water partition coefficient (Wildman–Crippen LogP) is 2.43. The molecule has 23 heteroatoms. The molecule has 342 valence electrons. The Hall–Kier alpha value is -5.85. The second-order valence-electron chi connectivity index (χ2n) is 14.3. The van der Waals surface area contributed by atoms with Gasteiger partial charge in [-0.1, -0.05) is 29.8 Å². The van der Waals surface area contributed by atoms with Gasteiger partial charge in [-0.2, -0.15) is 8.42 Å². The van der Waals surface area contributed by atoms with Crippen LogP contribution in [0.1, 0.15) is 51.3 Å². The number of hydrogen-bond acceptors (Lipinski definition) is 21. The lowest BCUT2D eigenvalue weighted by atomic mass is 9.79. The molecule has 2 aromatic carbocycles. The van der Waals surface area contributed by atoms with Gasteiger partial charge in [0.1, 0.15) is 25.4 Å². The van der Waals surface area contributed by atoms with Gasteiger partial charge < -0.3 is 47.4 Å². The maximum absolute atomic E-state index is 14.5. The quantitative estimate of drug-likeness (QED) is 0.0724. The Balaban J connectivity index is 1.56. The van der Waals surface area contributed by atoms with Gasteiger partial charge in [-0.15, -0.1) is 0 Å². The first-order valence-electron chi connectivity index (χ1n) is 19.2. The number of nitro benzene ring substituents is 1. The number of nitro groups is 1. The molecule has 0 aromatic heterocycles. The smallest absolute Gasteiger partial charge is 0.337 e. The molecule has 10 atom stereocenters. The number of rotatable bonds is 17. The second-order valence-corrected chi connectivity index (χ2v) is 16.0. The van der Waals surface area contributed by atoms with Crippen molar-refractivity contribution in [2.45, 2.75) is 95.3 Å². The molecule has 3 heterocycles. The van der Waals surface area contributed by atoms with Crippen LogP contribution in [0.4, 0.5) is 5.69 Å². The molecule has 3 aliphatic rings. The van der Waals surface area contributed by atoms with E-state index in [1.54, 1.807) is 13.0 Å². The number of nitrogens with zero attached hydrogens (tertiary/aromatic N) is 1. The van der Waals surface area contributed by atoms with Gasteiger partial charge in [0.05, 0.1) is 46.9 Å². The number of ketones is 1. The van der Waals surface area contributed by atoms with Crippen molar-refractivity contribution in [2.24, 2.45) is 11.8 Å². The van der Waals surface area contributed by atoms with Crippen LogP contribution in [0.25, 0.3) is 0 Å². The Kier molecular flexibility index (Phi) is 16.1. The number of methoxy groups -OCH3 is 1. The maximum atomic E-state index is 14.5. The molecule has 22 nitrogen and oxygen atoms in total. The Labute approximate surface area is 360 Å². The van der Waals surface area contributed by atoms with Crippen LogP contribution >= 0.6 is 0 Å². The van der Waals surface area contributed by atoms with Crippen molar-refractivity contribution in [1.82, 2.24) is 0 Å². The van der Waals surface area contributed by atoms with Crippen LogP contribution in [0.5, 0.6) is 0 Å². The number of hydrogen-bond donors (Lipinski definition) is 0. The van der Waals surface area contributed by atoms with Crippen molar-refractivity contribution < 1.29 is 93.7 Å². The number of carbonyl (C=O) groups is 6. The molecule has 0 N–H and O–H groups in total. The highest BCUT2D eigenvalue weighted by Crippen LogP contribution is 2.42. The fourth-order valence-electron chi connectivity index (χ4n) is 7.09. The van der Waals surface area contributed by atoms with E-state index < -0.39 is 125 Å². The van der Waals surface area contributed by atoms with Crippen molar-refractivity contribution in [3.8, 4) is 0 Å². The van der Waals surface area contributed by atoms with E-state index in [0.29, 0.717) is 0 Å². The summed E-state index contributed by atoms with van der Waals surface area (Å²) in [7, 11) is -3.54. The van der Waals surface area contributed by atoms with Crippen molar-refractivity contribution >= 4 is 51.4 Å². The number of ether oxygens (including phenoxy) is 10. The molecule has 2 aromatic rings. The molecule has 2 unspecified atom stereocenters. The lowest BCUT2D eigenvalue weighted by Gasteiger charge is -2.46. The normalized spacial score (nSPS) is 26.9. The zero-order valence-electron chi connectivity index (χ0n) is 34.7. The summed E-state index contributed by atoms with van der Waals surface area (Å²) < 4.78 is 88.4. The van der Waals surface area contributed by atoms with Crippen LogP contribution < -0.4 is 0 Å². The highest BCUT2D eigenvalue weighted by atomic mass is 32.2. The number of Topliss-reactive ketones (excluding diaryl/α,β-unsaturated/α-hetero) is 1. The SMILES string of the molecule is COC(=O)C1=CO[C@@H](O[C@@H]2O[C@H](COC(C)=O)[C@@H](OC(C)=O)[C@H](OC(C)=O)[C@H]2OC(C)=O)[C@H](C(=O)COS(=O)(=O)c2ccc(C)cc2)[C@@H]1CC1OCC(c2ccccc2[N+](=O)[O-])O1. The van der Waals surface area contributed by atoms with Crippen LogP contribution in [-0.4, -0.2) is 119 Å². The van der Waals surface area contributed by atoms with Gasteiger partial charge in [0.25, 0.3) is 15.8 Å². The largest absolute Gasteiger partial charge is 0.471 e. The van der Waals surface area contributed by atoms with Gasteiger partial charge in [-0.25, -0.2) is 4.79 Å². The molecule has 3 aliphatic heterocycles. The average Bonchev–Trinajstić information content (AvgIpc) is 3.69. The molecule has 0 saturated carbocycles. The fraction of sp³-hybridized carbons (Fsp3) is 0.500. The molecular formula is C40H45NO21S. The molecule has 0 spiro atoms. The van der Waals surface area contributed by atoms with Gasteiger partial charge >= 0.3 is 29.8 Å². The highest BCUT2D eigenvalue weighted by Gasteiger charge is 2.56. The minimum atomic E-state index is -4.58. The van der Waals surface area contributed by atoms with Gasteiger partial charge in [0, 0.05) is 46.1 Å². The van der Waals surface area contributed by atoms with Crippen LogP contribution in [0.15, 0.2) is 65.3 Å². The second kappa shape index (κ2) is 21.0. The van der Waals surface area contributed by atoms with E-state index in [4.69, 9.17) is 51.6 Å². The number of para-hydroxylation sites is 1. The number of benzene rings is 2. The number of carbonyl (C=O) groups excluding carboxylic acids is 6. The van der Waals surface area contributed by atoms with Gasteiger partial charge in [-0.05, 0) is 25.1 Å². The highest BCUT2D eigenvalue weighted by molar-refractivity contribution is 7.86. The van der Waals surface area contributed by atoms with E-state index >= 15 is 0 Å². The van der Waals surface area contributed by atoms with E-state index in [1.165, 1.54) is 42.5 Å². The molecule has 0 radical (unpaired) electrons. The summed E-state index contributed by atoms with van der Waals surface area (Å²) in [5, 5.41) is 11.8. The predicted molar refractivity (Wildman–Crippen MR) is 206 cm³/mol. The first kappa shape index (κ1) is 48.2. The van der Waals surface area contributed by atoms with Crippen LogP contribution in [0, 0.1) is 28.9 Å². The molecule has 2 saturated heterocycles. The molecule has 63 heavy (non-hydrogen) atoms. The Morgan fingerprint density at radius 2 is 1.46 bits per heavy atom. The third-order valence-electron chi connectivity index (χ3n) is 9.81. The Morgan fingerprint density at radius 1 is 0.825 bits per heavy atom. The zero-order valence-corrected chi connectivity index (χ0v) is 35.5. The maximum Gasteiger partial charge on any atom is 0.337 e. The summed E-state index contributed by atoms with van der Waals surface area (Å²) in [6, 6.07) is 11.3. The lowest BCUT2D eigenvalue weighted by Crippen LogP contribution is -2.64. The third-order valence-corrected chi connectivity index (χ3v) is 11.1. The van der Waals surface area contributed by atoms with Crippen molar-refractivity contribution in [1.29, 1.82) is 0 Å². The minimum absolute atomic E-state index is 0.174. The first-order chi connectivity index (χ1) is 29.8. The summed E-state index contributed by atoms with van der Waals surface area (Å²) in [6.45, 7) is 3.81. The Bertz CT molecular complexity index is 2190. The van der Waals surface area contributed by atoms with Crippen LogP contribution in [0.3, 0.4) is 0 Å².